The monoisotopic (exact) mass is 449 g/mol. The van der Waals surface area contributed by atoms with Crippen molar-refractivity contribution in [2.75, 3.05) is 0 Å². The Balaban J connectivity index is 2.06. The molecule has 0 bridgehead atoms. The van der Waals surface area contributed by atoms with E-state index in [4.69, 9.17) is 0 Å². The molecule has 2 atom stereocenters. The average molecular weight is 449 g/mol. The van der Waals surface area contributed by atoms with Crippen molar-refractivity contribution in [2.45, 2.75) is 44.9 Å². The van der Waals surface area contributed by atoms with Crippen LogP contribution in [0.1, 0.15) is 44.8 Å². The van der Waals surface area contributed by atoms with E-state index in [2.05, 4.69) is 10.3 Å². The topological polar surface area (TPSA) is 104 Å². The molecule has 0 aliphatic heterocycles. The van der Waals surface area contributed by atoms with Crippen LogP contribution < -0.4 is 16.6 Å². The summed E-state index contributed by atoms with van der Waals surface area (Å²) in [5.41, 5.74) is -3.26. The van der Waals surface area contributed by atoms with E-state index in [1.165, 1.54) is 32.9 Å². The van der Waals surface area contributed by atoms with E-state index in [9.17, 15) is 32.7 Å². The van der Waals surface area contributed by atoms with Gasteiger partial charge >= 0.3 is 5.69 Å². The normalized spacial score (nSPS) is 13.7. The van der Waals surface area contributed by atoms with Crippen molar-refractivity contribution in [1.29, 1.82) is 0 Å². The summed E-state index contributed by atoms with van der Waals surface area (Å²) in [5.74, 6) is -3.23. The predicted molar refractivity (Wildman–Crippen MR) is 112 cm³/mol. The molecule has 170 valence electrons. The molecule has 3 rings (SSSR count). The number of hydrogen-bond donors (Lipinski definition) is 3. The highest BCUT2D eigenvalue weighted by Gasteiger charge is 2.32. The van der Waals surface area contributed by atoms with Crippen molar-refractivity contribution < 1.29 is 23.1 Å². The fourth-order valence-corrected chi connectivity index (χ4v) is 3.50. The Bertz CT molecular complexity index is 1290. The van der Waals surface area contributed by atoms with Crippen LogP contribution in [0.5, 0.6) is 0 Å². The molecule has 1 aromatic heterocycles. The Morgan fingerprint density at radius 3 is 2.38 bits per heavy atom. The van der Waals surface area contributed by atoms with Crippen molar-refractivity contribution in [3.8, 4) is 0 Å². The van der Waals surface area contributed by atoms with Crippen LogP contribution in [0.25, 0.3) is 10.9 Å². The Hall–Kier alpha value is -3.40. The molecule has 1 amide bonds. The van der Waals surface area contributed by atoms with E-state index in [1.807, 2.05) is 0 Å². The maximum atomic E-state index is 14.1. The van der Waals surface area contributed by atoms with E-state index in [0.29, 0.717) is 10.6 Å². The number of nitrogens with one attached hydrogen (secondary N) is 2. The zero-order chi connectivity index (χ0) is 23.8. The molecule has 32 heavy (non-hydrogen) atoms. The van der Waals surface area contributed by atoms with Gasteiger partial charge in [0.05, 0.1) is 22.5 Å². The number of H-pyrrole nitrogens is 1. The third-order valence-electron chi connectivity index (χ3n) is 4.99. The van der Waals surface area contributed by atoms with Crippen molar-refractivity contribution in [1.82, 2.24) is 14.9 Å². The number of aromatic amines is 1. The quantitative estimate of drug-likeness (QED) is 0.538. The first-order chi connectivity index (χ1) is 14.9. The molecular formula is C22H22F3N3O4. The molecule has 1 heterocycles. The van der Waals surface area contributed by atoms with Gasteiger partial charge in [-0.05, 0) is 45.0 Å². The van der Waals surface area contributed by atoms with Crippen molar-refractivity contribution in [3.05, 3.63) is 80.3 Å². The molecule has 0 spiro atoms. The minimum atomic E-state index is -1.50. The van der Waals surface area contributed by atoms with Gasteiger partial charge in [0.1, 0.15) is 23.5 Å². The number of fused-ring (bicyclic) bond motifs is 1. The third kappa shape index (κ3) is 4.91. The molecule has 10 heteroatoms. The first-order valence-corrected chi connectivity index (χ1v) is 9.79. The van der Waals surface area contributed by atoms with Gasteiger partial charge in [0.15, 0.2) is 0 Å². The number of halogens is 3. The lowest BCUT2D eigenvalue weighted by molar-refractivity contribution is -0.127. The summed E-state index contributed by atoms with van der Waals surface area (Å²) in [6, 6.07) is 3.65. The van der Waals surface area contributed by atoms with Crippen LogP contribution in [-0.4, -0.2) is 26.2 Å². The van der Waals surface area contributed by atoms with Gasteiger partial charge < -0.3 is 15.4 Å². The minimum absolute atomic E-state index is 0.0106. The molecule has 7 nitrogen and oxygen atoms in total. The maximum Gasteiger partial charge on any atom is 0.329 e. The minimum Gasteiger partial charge on any atom is -0.390 e. The first kappa shape index (κ1) is 23.3. The molecule has 0 aliphatic rings. The highest BCUT2D eigenvalue weighted by Crippen LogP contribution is 2.23. The van der Waals surface area contributed by atoms with Gasteiger partial charge in [0.2, 0.25) is 5.91 Å². The molecule has 0 fully saturated rings. The maximum absolute atomic E-state index is 14.1. The van der Waals surface area contributed by atoms with E-state index in [1.54, 1.807) is 0 Å². The van der Waals surface area contributed by atoms with Crippen molar-refractivity contribution >= 4 is 16.8 Å². The molecule has 1 unspecified atom stereocenters. The number of aromatic nitrogens is 2. The zero-order valence-corrected chi connectivity index (χ0v) is 17.6. The molecule has 0 saturated carbocycles. The third-order valence-corrected chi connectivity index (χ3v) is 4.99. The number of hydrogen-bond acceptors (Lipinski definition) is 4. The van der Waals surface area contributed by atoms with Crippen LogP contribution in [0, 0.1) is 17.5 Å². The van der Waals surface area contributed by atoms with Gasteiger partial charge in [0.25, 0.3) is 5.56 Å². The van der Waals surface area contributed by atoms with Gasteiger partial charge in [-0.3, -0.25) is 9.59 Å². The first-order valence-electron chi connectivity index (χ1n) is 9.79. The summed E-state index contributed by atoms with van der Waals surface area (Å²) in [4.78, 5) is 41.2. The van der Waals surface area contributed by atoms with Crippen molar-refractivity contribution in [2.24, 2.45) is 0 Å². The summed E-state index contributed by atoms with van der Waals surface area (Å²) < 4.78 is 41.6. The van der Waals surface area contributed by atoms with E-state index in [0.717, 1.165) is 18.2 Å². The zero-order valence-electron chi connectivity index (χ0n) is 17.6. The predicted octanol–water partition coefficient (Wildman–Crippen LogP) is 2.69. The summed E-state index contributed by atoms with van der Waals surface area (Å²) >= 11 is 0. The fourth-order valence-electron chi connectivity index (χ4n) is 3.50. The van der Waals surface area contributed by atoms with E-state index in [-0.39, 0.29) is 22.9 Å². The highest BCUT2D eigenvalue weighted by molar-refractivity contribution is 5.82. The van der Waals surface area contributed by atoms with Crippen LogP contribution in [0.15, 0.2) is 46.0 Å². The molecule has 3 aromatic rings. The lowest BCUT2D eigenvalue weighted by atomic mass is 9.97. The summed E-state index contributed by atoms with van der Waals surface area (Å²) in [7, 11) is 0. The Morgan fingerprint density at radius 2 is 1.75 bits per heavy atom. The number of amides is 1. The smallest absolute Gasteiger partial charge is 0.329 e. The summed E-state index contributed by atoms with van der Waals surface area (Å²) in [6.45, 7) is 4.21. The number of carbonyl (C=O) groups is 1. The molecule has 3 N–H and O–H groups in total. The van der Waals surface area contributed by atoms with Gasteiger partial charge in [-0.1, -0.05) is 6.07 Å². The number of aliphatic hydroxyl groups is 1. The molecular weight excluding hydrogens is 427 g/mol. The summed E-state index contributed by atoms with van der Waals surface area (Å²) in [6.07, 6.45) is -0.346. The fraction of sp³-hybridized carbons (Fsp3) is 0.318. The van der Waals surface area contributed by atoms with Gasteiger partial charge in [-0.15, -0.1) is 0 Å². The van der Waals surface area contributed by atoms with Gasteiger partial charge in [-0.2, -0.15) is 0 Å². The molecule has 0 radical (unpaired) electrons. The molecule has 0 aliphatic carbocycles. The second-order valence-corrected chi connectivity index (χ2v) is 8.22. The second kappa shape index (κ2) is 8.62. The van der Waals surface area contributed by atoms with Crippen LogP contribution in [0.3, 0.4) is 0 Å². The lowest BCUT2D eigenvalue weighted by Gasteiger charge is -2.27. The largest absolute Gasteiger partial charge is 0.390 e. The lowest BCUT2D eigenvalue weighted by Crippen LogP contribution is -2.47. The summed E-state index contributed by atoms with van der Waals surface area (Å²) in [5, 5.41) is 12.6. The molecule has 0 saturated heterocycles. The van der Waals surface area contributed by atoms with Crippen LogP contribution in [0.4, 0.5) is 13.2 Å². The van der Waals surface area contributed by atoms with Crippen LogP contribution >= 0.6 is 0 Å². The number of carbonyl (C=O) groups excluding carboxylic acids is 1. The average Bonchev–Trinajstić information content (AvgIpc) is 2.66. The van der Waals surface area contributed by atoms with E-state index < -0.39 is 52.3 Å². The number of rotatable bonds is 6. The molecule has 2 aromatic carbocycles. The SMILES string of the molecule is C[C@H](NC(=O)C(CC(C)(C)O)n1c(=O)[nH]c2ccc(F)cc2c1=O)c1ccc(F)cc1F. The second-order valence-electron chi connectivity index (χ2n) is 8.22. The Kier molecular flexibility index (Phi) is 6.27. The van der Waals surface area contributed by atoms with E-state index >= 15 is 0 Å². The van der Waals surface area contributed by atoms with Crippen LogP contribution in [-0.2, 0) is 4.79 Å². The van der Waals surface area contributed by atoms with Gasteiger partial charge in [0, 0.05) is 18.1 Å². The number of benzene rings is 2. The van der Waals surface area contributed by atoms with Crippen LogP contribution in [0.2, 0.25) is 0 Å². The standard InChI is InChI=1S/C22H22F3N3O4/c1-11(14-6-4-13(24)9-16(14)25)26-19(29)18(10-22(2,3)32)28-20(30)15-8-12(23)5-7-17(15)27-21(28)31/h4-9,11,18,32H,10H2,1-3H3,(H,26,29)(H,27,31)/t11-,18?/m0/s1. The van der Waals surface area contributed by atoms with Crippen molar-refractivity contribution in [3.63, 3.8) is 0 Å². The Morgan fingerprint density at radius 1 is 1.12 bits per heavy atom. The highest BCUT2D eigenvalue weighted by atomic mass is 19.1. The number of nitrogens with zero attached hydrogens (tertiary/aromatic N) is 1. The Labute approximate surface area is 180 Å². The van der Waals surface area contributed by atoms with Gasteiger partial charge in [-0.25, -0.2) is 22.5 Å².